The van der Waals surface area contributed by atoms with Crippen molar-refractivity contribution in [1.29, 1.82) is 0 Å². The highest BCUT2D eigenvalue weighted by Crippen LogP contribution is 2.23. The summed E-state index contributed by atoms with van der Waals surface area (Å²) < 4.78 is 0. The van der Waals surface area contributed by atoms with Crippen LogP contribution in [0.25, 0.3) is 0 Å². The zero-order chi connectivity index (χ0) is 17.8. The van der Waals surface area contributed by atoms with Crippen molar-refractivity contribution in [2.24, 2.45) is 0 Å². The second-order valence-corrected chi connectivity index (χ2v) is 6.51. The van der Waals surface area contributed by atoms with Crippen molar-refractivity contribution in [2.45, 2.75) is 38.3 Å². The molecular formula is C19H24N4O2. The number of aliphatic hydroxyl groups excluding tert-OH is 1. The number of anilines is 1. The zero-order valence-corrected chi connectivity index (χ0v) is 14.6. The van der Waals surface area contributed by atoms with E-state index < -0.39 is 6.10 Å². The number of hydrogen-bond donors (Lipinski definition) is 2. The Labute approximate surface area is 147 Å². The van der Waals surface area contributed by atoms with Crippen molar-refractivity contribution < 1.29 is 9.90 Å². The van der Waals surface area contributed by atoms with E-state index in [1.54, 1.807) is 24.3 Å². The largest absolute Gasteiger partial charge is 0.391 e. The number of piperidine rings is 1. The van der Waals surface area contributed by atoms with Crippen molar-refractivity contribution in [1.82, 2.24) is 14.9 Å². The summed E-state index contributed by atoms with van der Waals surface area (Å²) in [4.78, 5) is 22.9. The summed E-state index contributed by atoms with van der Waals surface area (Å²) in [5.74, 6) is -0.0551. The van der Waals surface area contributed by atoms with Gasteiger partial charge in [0, 0.05) is 13.6 Å². The summed E-state index contributed by atoms with van der Waals surface area (Å²) in [7, 11) is 1.78. The van der Waals surface area contributed by atoms with Gasteiger partial charge >= 0.3 is 0 Å². The number of amides is 1. The van der Waals surface area contributed by atoms with Crippen molar-refractivity contribution in [2.75, 3.05) is 18.9 Å². The van der Waals surface area contributed by atoms with Crippen LogP contribution in [0.5, 0.6) is 0 Å². The quantitative estimate of drug-likeness (QED) is 0.890. The molecule has 132 valence electrons. The molecule has 1 aliphatic heterocycles. The second-order valence-electron chi connectivity index (χ2n) is 6.51. The number of rotatable bonds is 4. The molecule has 0 unspecified atom stereocenters. The fourth-order valence-corrected chi connectivity index (χ4v) is 3.20. The number of aromatic nitrogens is 2. The van der Waals surface area contributed by atoms with Gasteiger partial charge in [-0.2, -0.15) is 0 Å². The topological polar surface area (TPSA) is 78.4 Å². The number of aryl methyl sites for hydroxylation is 1. The van der Waals surface area contributed by atoms with Crippen molar-refractivity contribution in [3.8, 4) is 0 Å². The summed E-state index contributed by atoms with van der Waals surface area (Å²) in [6.07, 6.45) is 4.77. The summed E-state index contributed by atoms with van der Waals surface area (Å²) in [5, 5.41) is 13.4. The van der Waals surface area contributed by atoms with Gasteiger partial charge in [0.1, 0.15) is 0 Å². The first kappa shape index (κ1) is 17.4. The molecule has 1 aromatic heterocycles. The van der Waals surface area contributed by atoms with E-state index in [-0.39, 0.29) is 17.8 Å². The maximum absolute atomic E-state index is 12.9. The monoisotopic (exact) mass is 340 g/mol. The van der Waals surface area contributed by atoms with Gasteiger partial charge in [0.25, 0.3) is 5.91 Å². The third-order valence-electron chi connectivity index (χ3n) is 4.70. The predicted molar refractivity (Wildman–Crippen MR) is 96.5 cm³/mol. The zero-order valence-electron chi connectivity index (χ0n) is 14.6. The van der Waals surface area contributed by atoms with Crippen LogP contribution in [-0.2, 0) is 6.42 Å². The number of likely N-dealkylation sites (tertiary alicyclic amines) is 1. The summed E-state index contributed by atoms with van der Waals surface area (Å²) in [6.45, 7) is 2.66. The average Bonchev–Trinajstić information content (AvgIpc) is 2.64. The van der Waals surface area contributed by atoms with E-state index in [0.717, 1.165) is 17.7 Å². The Morgan fingerprint density at radius 3 is 2.60 bits per heavy atom. The number of aliphatic hydroxyl groups is 1. The lowest BCUT2D eigenvalue weighted by molar-refractivity contribution is 0.0111. The minimum Gasteiger partial charge on any atom is -0.391 e. The lowest BCUT2D eigenvalue weighted by Gasteiger charge is -2.39. The van der Waals surface area contributed by atoms with Crippen LogP contribution in [0.1, 0.15) is 34.6 Å². The molecule has 25 heavy (non-hydrogen) atoms. The second kappa shape index (κ2) is 7.61. The van der Waals surface area contributed by atoms with Gasteiger partial charge < -0.3 is 15.3 Å². The van der Waals surface area contributed by atoms with Crippen LogP contribution >= 0.6 is 0 Å². The number of nitrogens with zero attached hydrogens (tertiary/aromatic N) is 3. The minimum atomic E-state index is -0.532. The molecule has 1 amide bonds. The molecule has 0 radical (unpaired) electrons. The highest BCUT2D eigenvalue weighted by molar-refractivity contribution is 5.91. The first-order chi connectivity index (χ1) is 12.1. The first-order valence-corrected chi connectivity index (χ1v) is 8.63. The lowest BCUT2D eigenvalue weighted by Crippen LogP contribution is -2.52. The van der Waals surface area contributed by atoms with Gasteiger partial charge in [-0.3, -0.25) is 4.79 Å². The maximum Gasteiger partial charge on any atom is 0.292 e. The van der Waals surface area contributed by atoms with E-state index in [9.17, 15) is 9.90 Å². The van der Waals surface area contributed by atoms with Gasteiger partial charge in [-0.15, -0.1) is 0 Å². The van der Waals surface area contributed by atoms with Gasteiger partial charge in [-0.1, -0.05) is 29.8 Å². The van der Waals surface area contributed by atoms with Crippen molar-refractivity contribution >= 4 is 11.6 Å². The number of hydrogen-bond acceptors (Lipinski definition) is 5. The Balaban J connectivity index is 1.80. The molecule has 1 aromatic carbocycles. The number of benzene rings is 1. The molecule has 3 rings (SSSR count). The van der Waals surface area contributed by atoms with E-state index in [0.29, 0.717) is 19.4 Å². The third kappa shape index (κ3) is 3.96. The summed E-state index contributed by atoms with van der Waals surface area (Å²) in [6, 6.07) is 7.96. The Morgan fingerprint density at radius 2 is 1.96 bits per heavy atom. The minimum absolute atomic E-state index is 0.169. The van der Waals surface area contributed by atoms with E-state index in [1.807, 2.05) is 6.92 Å². The van der Waals surface area contributed by atoms with E-state index >= 15 is 0 Å². The van der Waals surface area contributed by atoms with Crippen molar-refractivity contribution in [3.05, 3.63) is 53.6 Å². The molecule has 0 saturated carbocycles. The van der Waals surface area contributed by atoms with Crippen molar-refractivity contribution in [3.63, 3.8) is 0 Å². The molecule has 1 fully saturated rings. The van der Waals surface area contributed by atoms with E-state index in [2.05, 4.69) is 39.6 Å². The molecule has 2 aromatic rings. The van der Waals surface area contributed by atoms with Crippen LogP contribution in [0.2, 0.25) is 0 Å². The standard InChI is InChI=1S/C19H24N4O2/c1-13-5-7-14(8-6-13)10-16-17(24)4-3-9-23(16)19(25)18-21-11-15(20-2)12-22-18/h5-8,11-12,16-17,20,24H,3-4,9-10H2,1-2H3/t16-,17-/m0/s1. The lowest BCUT2D eigenvalue weighted by atomic mass is 9.92. The molecule has 1 aliphatic rings. The summed E-state index contributed by atoms with van der Waals surface area (Å²) >= 11 is 0. The number of carbonyl (C=O) groups excluding carboxylic acids is 1. The SMILES string of the molecule is CNc1cnc(C(=O)N2CCC[C@H](O)[C@@H]2Cc2ccc(C)cc2)nc1. The molecule has 2 N–H and O–H groups in total. The normalized spacial score (nSPS) is 20.4. The Kier molecular flexibility index (Phi) is 5.28. The van der Waals surface area contributed by atoms with Gasteiger partial charge in [0.15, 0.2) is 0 Å². The Bertz CT molecular complexity index is 715. The van der Waals surface area contributed by atoms with Crippen LogP contribution in [-0.4, -0.2) is 51.6 Å². The molecule has 0 aliphatic carbocycles. The Hall–Kier alpha value is -2.47. The molecule has 2 atom stereocenters. The van der Waals surface area contributed by atoms with Crippen LogP contribution in [0.3, 0.4) is 0 Å². The highest BCUT2D eigenvalue weighted by atomic mass is 16.3. The fraction of sp³-hybridized carbons (Fsp3) is 0.421. The fourth-order valence-electron chi connectivity index (χ4n) is 3.20. The number of carbonyl (C=O) groups is 1. The van der Waals surface area contributed by atoms with Gasteiger partial charge in [-0.25, -0.2) is 9.97 Å². The van der Waals surface area contributed by atoms with E-state index in [1.165, 1.54) is 5.56 Å². The van der Waals surface area contributed by atoms with Gasteiger partial charge in [0.2, 0.25) is 5.82 Å². The van der Waals surface area contributed by atoms with Crippen LogP contribution in [0, 0.1) is 6.92 Å². The van der Waals surface area contributed by atoms with Crippen LogP contribution in [0.15, 0.2) is 36.7 Å². The first-order valence-electron chi connectivity index (χ1n) is 8.63. The Morgan fingerprint density at radius 1 is 1.28 bits per heavy atom. The molecule has 0 bridgehead atoms. The van der Waals surface area contributed by atoms with Gasteiger partial charge in [-0.05, 0) is 31.7 Å². The third-order valence-corrected chi connectivity index (χ3v) is 4.70. The predicted octanol–water partition coefficient (Wildman–Crippen LogP) is 2.03. The number of nitrogens with one attached hydrogen (secondary N) is 1. The highest BCUT2D eigenvalue weighted by Gasteiger charge is 2.34. The molecule has 1 saturated heterocycles. The van der Waals surface area contributed by atoms with Crippen LogP contribution < -0.4 is 5.32 Å². The molecule has 6 heteroatoms. The molecule has 0 spiro atoms. The maximum atomic E-state index is 12.9. The van der Waals surface area contributed by atoms with Crippen LogP contribution in [0.4, 0.5) is 5.69 Å². The smallest absolute Gasteiger partial charge is 0.292 e. The van der Waals surface area contributed by atoms with E-state index in [4.69, 9.17) is 0 Å². The van der Waals surface area contributed by atoms with Gasteiger partial charge in [0.05, 0.1) is 30.2 Å². The molecule has 6 nitrogen and oxygen atoms in total. The molecular weight excluding hydrogens is 316 g/mol. The summed E-state index contributed by atoms with van der Waals surface area (Å²) in [5.41, 5.74) is 3.06. The average molecular weight is 340 g/mol. The molecule has 2 heterocycles.